The van der Waals surface area contributed by atoms with Crippen LogP contribution in [0.5, 0.6) is 0 Å². The van der Waals surface area contributed by atoms with Crippen LogP contribution in [0.2, 0.25) is 0 Å². The van der Waals surface area contributed by atoms with Crippen LogP contribution in [-0.4, -0.2) is 58.5 Å². The van der Waals surface area contributed by atoms with Crippen molar-refractivity contribution in [3.8, 4) is 0 Å². The minimum Gasteiger partial charge on any atom is -0.385 e. The molecule has 2 aromatic rings. The van der Waals surface area contributed by atoms with Gasteiger partial charge in [-0.25, -0.2) is 8.42 Å². The predicted molar refractivity (Wildman–Crippen MR) is 127 cm³/mol. The zero-order valence-electron chi connectivity index (χ0n) is 19.0. The molecule has 0 radical (unpaired) electrons. The summed E-state index contributed by atoms with van der Waals surface area (Å²) >= 11 is 0. The van der Waals surface area contributed by atoms with E-state index >= 15 is 0 Å². The summed E-state index contributed by atoms with van der Waals surface area (Å²) in [7, 11) is -2.09. The molecule has 0 spiro atoms. The number of ether oxygens (including phenoxy) is 1. The van der Waals surface area contributed by atoms with E-state index in [1.807, 2.05) is 6.92 Å². The third-order valence-corrected chi connectivity index (χ3v) is 7.02. The largest absolute Gasteiger partial charge is 0.385 e. The van der Waals surface area contributed by atoms with E-state index < -0.39 is 10.0 Å². The first kappa shape index (κ1) is 24.7. The number of carbonyl (C=O) groups is 2. The van der Waals surface area contributed by atoms with Crippen molar-refractivity contribution in [3.63, 3.8) is 0 Å². The average Bonchev–Trinajstić information content (AvgIpc) is 2.82. The molecule has 2 aromatic carbocycles. The fourth-order valence-electron chi connectivity index (χ4n) is 3.74. The monoisotopic (exact) mass is 473 g/mol. The maximum Gasteiger partial charge on any atom is 0.261 e. The Morgan fingerprint density at radius 3 is 2.45 bits per heavy atom. The van der Waals surface area contributed by atoms with E-state index in [1.165, 1.54) is 0 Å². The molecule has 33 heavy (non-hydrogen) atoms. The van der Waals surface area contributed by atoms with Crippen LogP contribution in [0.15, 0.2) is 53.4 Å². The van der Waals surface area contributed by atoms with Gasteiger partial charge in [0.15, 0.2) is 0 Å². The van der Waals surface area contributed by atoms with Gasteiger partial charge in [-0.2, -0.15) is 0 Å². The molecule has 1 saturated heterocycles. The van der Waals surface area contributed by atoms with Gasteiger partial charge in [0.25, 0.3) is 15.9 Å². The van der Waals surface area contributed by atoms with Crippen LogP contribution in [0, 0.1) is 12.8 Å². The van der Waals surface area contributed by atoms with Gasteiger partial charge in [-0.05, 0) is 62.6 Å². The van der Waals surface area contributed by atoms with Gasteiger partial charge in [-0.15, -0.1) is 0 Å². The molecular weight excluding hydrogens is 442 g/mol. The first-order valence-corrected chi connectivity index (χ1v) is 12.5. The smallest absolute Gasteiger partial charge is 0.261 e. The maximum atomic E-state index is 13.0. The lowest BCUT2D eigenvalue weighted by molar-refractivity contribution is -0.126. The molecular formula is C24H31N3O5S. The summed E-state index contributed by atoms with van der Waals surface area (Å²) in [6, 6.07) is 12.9. The summed E-state index contributed by atoms with van der Waals surface area (Å²) in [6.07, 6.45) is 2.26. The zero-order valence-corrected chi connectivity index (χ0v) is 19.9. The Hall–Kier alpha value is -2.91. The Morgan fingerprint density at radius 1 is 1.09 bits per heavy atom. The number of nitrogens with one attached hydrogen (secondary N) is 2. The highest BCUT2D eigenvalue weighted by atomic mass is 32.2. The second-order valence-electron chi connectivity index (χ2n) is 8.22. The van der Waals surface area contributed by atoms with E-state index in [2.05, 4.69) is 10.0 Å². The molecule has 1 aliphatic heterocycles. The quantitative estimate of drug-likeness (QED) is 0.545. The highest BCUT2D eigenvalue weighted by Gasteiger charge is 2.28. The van der Waals surface area contributed by atoms with E-state index in [0.29, 0.717) is 37.5 Å². The Morgan fingerprint density at radius 2 is 1.79 bits per heavy atom. The normalized spacial score (nSPS) is 16.3. The predicted octanol–water partition coefficient (Wildman–Crippen LogP) is 2.80. The van der Waals surface area contributed by atoms with Gasteiger partial charge in [0.2, 0.25) is 5.91 Å². The summed E-state index contributed by atoms with van der Waals surface area (Å²) in [4.78, 5) is 27.2. The molecule has 8 nitrogen and oxygen atoms in total. The first-order chi connectivity index (χ1) is 15.8. The number of likely N-dealkylation sites (tertiary alicyclic amines) is 1. The minimum atomic E-state index is -3.71. The van der Waals surface area contributed by atoms with Crippen LogP contribution in [0.4, 0.5) is 5.69 Å². The molecule has 178 valence electrons. The number of hydrogen-bond acceptors (Lipinski definition) is 5. The number of hydrogen-bond donors (Lipinski definition) is 2. The molecule has 0 bridgehead atoms. The van der Waals surface area contributed by atoms with Gasteiger partial charge in [0.05, 0.1) is 10.8 Å². The van der Waals surface area contributed by atoms with Gasteiger partial charge in [-0.3, -0.25) is 14.3 Å². The van der Waals surface area contributed by atoms with Crippen molar-refractivity contribution in [2.75, 3.05) is 38.1 Å². The van der Waals surface area contributed by atoms with Gasteiger partial charge in [-0.1, -0.05) is 17.7 Å². The second-order valence-corrected chi connectivity index (χ2v) is 9.91. The van der Waals surface area contributed by atoms with Crippen LogP contribution in [0.3, 0.4) is 0 Å². The Bertz CT molecular complexity index is 1050. The van der Waals surface area contributed by atoms with Gasteiger partial charge >= 0.3 is 0 Å². The fourth-order valence-corrected chi connectivity index (χ4v) is 4.80. The number of nitrogens with zero attached hydrogens (tertiary/aromatic N) is 1. The van der Waals surface area contributed by atoms with Crippen LogP contribution >= 0.6 is 0 Å². The standard InChI is InChI=1S/C24H31N3O5S/c1-18-6-12-22(13-7-18)33(30,31)26-21-10-8-19(9-11-21)24(29)27-15-3-5-20(17-27)23(28)25-14-4-16-32-2/h6-13,20,26H,3-5,14-17H2,1-2H3,(H,25,28)/t20-/m0/s1. The molecule has 9 heteroatoms. The van der Waals surface area contributed by atoms with Crippen molar-refractivity contribution >= 4 is 27.5 Å². The number of benzene rings is 2. The molecule has 0 aliphatic carbocycles. The number of sulfonamides is 1. The minimum absolute atomic E-state index is 0.0375. The Kier molecular flexibility index (Phi) is 8.46. The molecule has 0 unspecified atom stereocenters. The van der Waals surface area contributed by atoms with E-state index in [9.17, 15) is 18.0 Å². The number of amides is 2. The maximum absolute atomic E-state index is 13.0. The lowest BCUT2D eigenvalue weighted by Crippen LogP contribution is -2.45. The van der Waals surface area contributed by atoms with E-state index in [0.717, 1.165) is 24.8 Å². The van der Waals surface area contributed by atoms with Crippen LogP contribution in [0.25, 0.3) is 0 Å². The van der Waals surface area contributed by atoms with Crippen molar-refractivity contribution in [1.82, 2.24) is 10.2 Å². The Balaban J connectivity index is 1.59. The second kappa shape index (κ2) is 11.3. The van der Waals surface area contributed by atoms with E-state index in [-0.39, 0.29) is 22.6 Å². The molecule has 1 fully saturated rings. The van der Waals surface area contributed by atoms with Crippen molar-refractivity contribution in [3.05, 3.63) is 59.7 Å². The van der Waals surface area contributed by atoms with Crippen LogP contribution < -0.4 is 10.0 Å². The summed E-state index contributed by atoms with van der Waals surface area (Å²) < 4.78 is 32.6. The third-order valence-electron chi connectivity index (χ3n) is 5.62. The van der Waals surface area contributed by atoms with Crippen molar-refractivity contribution < 1.29 is 22.7 Å². The molecule has 2 N–H and O–H groups in total. The molecule has 3 rings (SSSR count). The van der Waals surface area contributed by atoms with Crippen molar-refractivity contribution in [1.29, 1.82) is 0 Å². The molecule has 0 aromatic heterocycles. The van der Waals surface area contributed by atoms with Gasteiger partial charge in [0.1, 0.15) is 0 Å². The highest BCUT2D eigenvalue weighted by Crippen LogP contribution is 2.21. The van der Waals surface area contributed by atoms with Crippen molar-refractivity contribution in [2.45, 2.75) is 31.1 Å². The number of aryl methyl sites for hydroxylation is 1. The lowest BCUT2D eigenvalue weighted by atomic mass is 9.96. The highest BCUT2D eigenvalue weighted by molar-refractivity contribution is 7.92. The summed E-state index contributed by atoms with van der Waals surface area (Å²) in [5, 5.41) is 2.91. The lowest BCUT2D eigenvalue weighted by Gasteiger charge is -2.32. The molecule has 1 atom stereocenters. The summed E-state index contributed by atoms with van der Waals surface area (Å²) in [6.45, 7) is 3.99. The van der Waals surface area contributed by atoms with Crippen LogP contribution in [-0.2, 0) is 19.6 Å². The Labute approximate surface area is 195 Å². The molecule has 2 amide bonds. The van der Waals surface area contributed by atoms with Gasteiger partial charge in [0, 0.05) is 44.6 Å². The number of rotatable bonds is 9. The van der Waals surface area contributed by atoms with Crippen molar-refractivity contribution in [2.24, 2.45) is 5.92 Å². The zero-order chi connectivity index (χ0) is 23.8. The summed E-state index contributed by atoms with van der Waals surface area (Å²) in [5.41, 5.74) is 1.80. The van der Waals surface area contributed by atoms with Crippen LogP contribution in [0.1, 0.15) is 35.2 Å². The molecule has 1 aliphatic rings. The SMILES string of the molecule is COCCCNC(=O)[C@H]1CCCN(C(=O)c2ccc(NS(=O)(=O)c3ccc(C)cc3)cc2)C1. The topological polar surface area (TPSA) is 105 Å². The number of piperidine rings is 1. The summed E-state index contributed by atoms with van der Waals surface area (Å²) in [5.74, 6) is -0.435. The first-order valence-electron chi connectivity index (χ1n) is 11.1. The number of methoxy groups -OCH3 is 1. The molecule has 1 heterocycles. The van der Waals surface area contributed by atoms with E-state index in [4.69, 9.17) is 4.74 Å². The van der Waals surface area contributed by atoms with Gasteiger partial charge < -0.3 is 15.0 Å². The average molecular weight is 474 g/mol. The number of anilines is 1. The number of carbonyl (C=O) groups excluding carboxylic acids is 2. The fraction of sp³-hybridized carbons (Fsp3) is 0.417. The molecule has 0 saturated carbocycles. The third kappa shape index (κ3) is 6.79. The van der Waals surface area contributed by atoms with E-state index in [1.54, 1.807) is 60.5 Å².